The summed E-state index contributed by atoms with van der Waals surface area (Å²) < 4.78 is 0. The van der Waals surface area contributed by atoms with Crippen LogP contribution in [-0.2, 0) is 13.1 Å². The number of aliphatic hydroxyl groups excluding tert-OH is 1. The van der Waals surface area contributed by atoms with Crippen molar-refractivity contribution < 1.29 is 5.11 Å². The summed E-state index contributed by atoms with van der Waals surface area (Å²) in [6.45, 7) is 6.82. The van der Waals surface area contributed by atoms with E-state index in [1.807, 2.05) is 6.92 Å². The first-order valence-electron chi connectivity index (χ1n) is 8.65. The molecule has 1 fully saturated rings. The average molecular weight is 328 g/mol. The van der Waals surface area contributed by atoms with E-state index in [2.05, 4.69) is 50.7 Å². The van der Waals surface area contributed by atoms with Crippen LogP contribution in [0.3, 0.4) is 0 Å². The number of aliphatic imine (C=N–C) groups is 1. The van der Waals surface area contributed by atoms with Gasteiger partial charge in [0.2, 0.25) is 0 Å². The SMILES string of the molecule is C#CCNC(=NCc1ccc(CN2CCC(O)CC2)cc1)NCC. The van der Waals surface area contributed by atoms with Crippen molar-refractivity contribution in [2.75, 3.05) is 26.2 Å². The van der Waals surface area contributed by atoms with Gasteiger partial charge in [0.1, 0.15) is 0 Å². The Labute approximate surface area is 145 Å². The van der Waals surface area contributed by atoms with Gasteiger partial charge in [0.05, 0.1) is 19.2 Å². The van der Waals surface area contributed by atoms with Crippen molar-refractivity contribution in [2.45, 2.75) is 39.0 Å². The average Bonchev–Trinajstić information content (AvgIpc) is 2.60. The molecule has 3 N–H and O–H groups in total. The van der Waals surface area contributed by atoms with Crippen LogP contribution >= 0.6 is 0 Å². The van der Waals surface area contributed by atoms with Crippen LogP contribution in [0.15, 0.2) is 29.3 Å². The number of guanidine groups is 1. The fourth-order valence-electron chi connectivity index (χ4n) is 2.73. The molecule has 0 spiro atoms. The monoisotopic (exact) mass is 328 g/mol. The third-order valence-corrected chi connectivity index (χ3v) is 4.11. The van der Waals surface area contributed by atoms with Crippen LogP contribution in [0.5, 0.6) is 0 Å². The minimum absolute atomic E-state index is 0.115. The quantitative estimate of drug-likeness (QED) is 0.419. The largest absolute Gasteiger partial charge is 0.393 e. The molecule has 0 amide bonds. The van der Waals surface area contributed by atoms with Crippen molar-refractivity contribution >= 4 is 5.96 Å². The lowest BCUT2D eigenvalue weighted by atomic mass is 10.1. The second kappa shape index (κ2) is 9.96. The van der Waals surface area contributed by atoms with Gasteiger partial charge in [-0.05, 0) is 30.9 Å². The molecule has 1 aromatic rings. The number of nitrogens with one attached hydrogen (secondary N) is 2. The van der Waals surface area contributed by atoms with E-state index in [-0.39, 0.29) is 6.10 Å². The highest BCUT2D eigenvalue weighted by Gasteiger charge is 2.16. The fraction of sp³-hybridized carbons (Fsp3) is 0.526. The summed E-state index contributed by atoms with van der Waals surface area (Å²) >= 11 is 0. The summed E-state index contributed by atoms with van der Waals surface area (Å²) in [5, 5.41) is 15.8. The van der Waals surface area contributed by atoms with E-state index in [9.17, 15) is 5.11 Å². The van der Waals surface area contributed by atoms with Crippen LogP contribution in [-0.4, -0.2) is 48.2 Å². The Bertz CT molecular complexity index is 554. The maximum Gasteiger partial charge on any atom is 0.192 e. The Kier molecular flexibility index (Phi) is 7.60. The molecular weight excluding hydrogens is 300 g/mol. The summed E-state index contributed by atoms with van der Waals surface area (Å²) in [6, 6.07) is 8.58. The van der Waals surface area contributed by atoms with Gasteiger partial charge < -0.3 is 15.7 Å². The molecule has 2 rings (SSSR count). The number of terminal acetylenes is 1. The summed E-state index contributed by atoms with van der Waals surface area (Å²) in [7, 11) is 0. The predicted molar refractivity (Wildman–Crippen MR) is 98.6 cm³/mol. The second-order valence-electron chi connectivity index (χ2n) is 6.08. The Morgan fingerprint density at radius 1 is 1.25 bits per heavy atom. The van der Waals surface area contributed by atoms with Gasteiger partial charge >= 0.3 is 0 Å². The van der Waals surface area contributed by atoms with Gasteiger partial charge in [0.25, 0.3) is 0 Å². The maximum atomic E-state index is 9.57. The van der Waals surface area contributed by atoms with Gasteiger partial charge in [-0.2, -0.15) is 0 Å². The minimum Gasteiger partial charge on any atom is -0.393 e. The summed E-state index contributed by atoms with van der Waals surface area (Å²) in [4.78, 5) is 6.93. The van der Waals surface area contributed by atoms with Crippen molar-refractivity contribution in [3.8, 4) is 12.3 Å². The molecule has 1 aliphatic rings. The number of aliphatic hydroxyl groups is 1. The first-order valence-corrected chi connectivity index (χ1v) is 8.65. The molecular formula is C19H28N4O. The molecule has 0 radical (unpaired) electrons. The van der Waals surface area contributed by atoms with Gasteiger partial charge in [-0.1, -0.05) is 30.2 Å². The zero-order valence-electron chi connectivity index (χ0n) is 14.5. The smallest absolute Gasteiger partial charge is 0.192 e. The van der Waals surface area contributed by atoms with Gasteiger partial charge in [-0.15, -0.1) is 6.42 Å². The van der Waals surface area contributed by atoms with Crippen molar-refractivity contribution in [3.63, 3.8) is 0 Å². The van der Waals surface area contributed by atoms with Crippen LogP contribution in [0.4, 0.5) is 0 Å². The zero-order chi connectivity index (χ0) is 17.2. The van der Waals surface area contributed by atoms with Crippen molar-refractivity contribution in [3.05, 3.63) is 35.4 Å². The number of rotatable bonds is 6. The van der Waals surface area contributed by atoms with Crippen LogP contribution < -0.4 is 10.6 Å². The second-order valence-corrected chi connectivity index (χ2v) is 6.08. The molecule has 0 saturated carbocycles. The van der Waals surface area contributed by atoms with E-state index in [0.717, 1.165) is 45.0 Å². The first-order chi connectivity index (χ1) is 11.7. The molecule has 1 heterocycles. The molecule has 5 nitrogen and oxygen atoms in total. The number of likely N-dealkylation sites (tertiary alicyclic amines) is 1. The molecule has 1 aromatic carbocycles. The zero-order valence-corrected chi connectivity index (χ0v) is 14.5. The molecule has 0 bridgehead atoms. The van der Waals surface area contributed by atoms with E-state index >= 15 is 0 Å². The normalized spacial score (nSPS) is 16.6. The summed E-state index contributed by atoms with van der Waals surface area (Å²) in [5.41, 5.74) is 2.47. The van der Waals surface area contributed by atoms with E-state index in [4.69, 9.17) is 6.42 Å². The minimum atomic E-state index is -0.115. The molecule has 130 valence electrons. The third kappa shape index (κ3) is 6.23. The lowest BCUT2D eigenvalue weighted by molar-refractivity contribution is 0.0792. The fourth-order valence-corrected chi connectivity index (χ4v) is 2.73. The number of piperidine rings is 1. The van der Waals surface area contributed by atoms with Crippen LogP contribution in [0.25, 0.3) is 0 Å². The van der Waals surface area contributed by atoms with E-state index in [1.165, 1.54) is 11.1 Å². The van der Waals surface area contributed by atoms with Crippen LogP contribution in [0, 0.1) is 12.3 Å². The van der Waals surface area contributed by atoms with Crippen molar-refractivity contribution in [2.24, 2.45) is 4.99 Å². The van der Waals surface area contributed by atoms with E-state index in [1.54, 1.807) is 0 Å². The first kappa shape index (κ1) is 18.3. The third-order valence-electron chi connectivity index (χ3n) is 4.11. The molecule has 1 saturated heterocycles. The van der Waals surface area contributed by atoms with Gasteiger partial charge in [-0.25, -0.2) is 4.99 Å². The van der Waals surface area contributed by atoms with Crippen molar-refractivity contribution in [1.29, 1.82) is 0 Å². The van der Waals surface area contributed by atoms with Crippen molar-refractivity contribution in [1.82, 2.24) is 15.5 Å². The lowest BCUT2D eigenvalue weighted by Gasteiger charge is -2.29. The van der Waals surface area contributed by atoms with Crippen LogP contribution in [0.2, 0.25) is 0 Å². The molecule has 24 heavy (non-hydrogen) atoms. The predicted octanol–water partition coefficient (Wildman–Crippen LogP) is 1.33. The molecule has 5 heteroatoms. The molecule has 0 atom stereocenters. The number of hydrogen-bond donors (Lipinski definition) is 3. The number of benzene rings is 1. The number of nitrogens with zero attached hydrogens (tertiary/aromatic N) is 2. The Morgan fingerprint density at radius 2 is 1.92 bits per heavy atom. The summed E-state index contributed by atoms with van der Waals surface area (Å²) in [5.74, 6) is 3.29. The summed E-state index contributed by atoms with van der Waals surface area (Å²) in [6.07, 6.45) is 6.91. The maximum absolute atomic E-state index is 9.57. The highest BCUT2D eigenvalue weighted by molar-refractivity contribution is 5.79. The van der Waals surface area contributed by atoms with Gasteiger partial charge in [-0.3, -0.25) is 4.90 Å². The Morgan fingerprint density at radius 3 is 2.54 bits per heavy atom. The molecule has 0 aliphatic carbocycles. The van der Waals surface area contributed by atoms with Crippen LogP contribution in [0.1, 0.15) is 30.9 Å². The Hall–Kier alpha value is -2.03. The van der Waals surface area contributed by atoms with E-state index < -0.39 is 0 Å². The van der Waals surface area contributed by atoms with Gasteiger partial charge in [0.15, 0.2) is 5.96 Å². The number of hydrogen-bond acceptors (Lipinski definition) is 3. The topological polar surface area (TPSA) is 59.9 Å². The standard InChI is InChI=1S/C19H28N4O/c1-3-11-21-19(20-4-2)22-14-16-5-7-17(8-6-16)15-23-12-9-18(24)10-13-23/h1,5-8,18,24H,4,9-15H2,2H3,(H2,20,21,22). The molecule has 0 unspecified atom stereocenters. The molecule has 0 aromatic heterocycles. The van der Waals surface area contributed by atoms with E-state index in [0.29, 0.717) is 13.1 Å². The lowest BCUT2D eigenvalue weighted by Crippen LogP contribution is -2.37. The van der Waals surface area contributed by atoms with Gasteiger partial charge in [0, 0.05) is 26.2 Å². The molecule has 1 aliphatic heterocycles. The highest BCUT2D eigenvalue weighted by atomic mass is 16.3. The Balaban J connectivity index is 1.85. The highest BCUT2D eigenvalue weighted by Crippen LogP contribution is 2.14.